The van der Waals surface area contributed by atoms with Gasteiger partial charge in [-0.2, -0.15) is 4.31 Å². The molecule has 1 aliphatic rings. The smallest absolute Gasteiger partial charge is 0.257 e. The molecule has 1 fully saturated rings. The molecule has 3 aromatic carbocycles. The summed E-state index contributed by atoms with van der Waals surface area (Å²) in [6.07, 6.45) is 4.49. The van der Waals surface area contributed by atoms with Crippen LogP contribution in [0.1, 0.15) is 35.1 Å². The predicted octanol–water partition coefficient (Wildman–Crippen LogP) is 5.54. The zero-order valence-electron chi connectivity index (χ0n) is 19.6. The van der Waals surface area contributed by atoms with Gasteiger partial charge in [0.25, 0.3) is 5.91 Å². The first kappa shape index (κ1) is 23.6. The lowest BCUT2D eigenvalue weighted by Gasteiger charge is -2.22. The standard InChI is InChI=1S/C27H22ClN5O3S/c28-20-7-5-17-6-9-22(14-19(17)13-20)37(35,36)33-12-2-4-25(33)26-31-23-10-8-21(15-24(23)32-26)30-27(34)18-3-1-11-29-16-18/h1,3,5-11,13-16,25H,2,4,12H2,(H,30,34)(H,31,32). The minimum absolute atomic E-state index is 0.227. The van der Waals surface area contributed by atoms with Crippen molar-refractivity contribution in [3.8, 4) is 0 Å². The first-order chi connectivity index (χ1) is 17.9. The minimum Gasteiger partial charge on any atom is -0.341 e. The summed E-state index contributed by atoms with van der Waals surface area (Å²) in [4.78, 5) is 24.7. The number of carbonyl (C=O) groups is 1. The molecule has 3 heterocycles. The Morgan fingerprint density at radius 3 is 2.76 bits per heavy atom. The number of pyridine rings is 1. The van der Waals surface area contributed by atoms with E-state index in [9.17, 15) is 13.2 Å². The molecule has 0 bridgehead atoms. The van der Waals surface area contributed by atoms with Crippen LogP contribution < -0.4 is 5.32 Å². The van der Waals surface area contributed by atoms with Crippen LogP contribution in [0.25, 0.3) is 21.8 Å². The Kier molecular flexibility index (Phi) is 5.91. The highest BCUT2D eigenvalue weighted by Gasteiger charge is 2.38. The third-order valence-electron chi connectivity index (χ3n) is 6.58. The van der Waals surface area contributed by atoms with Crippen molar-refractivity contribution < 1.29 is 13.2 Å². The van der Waals surface area contributed by atoms with Crippen molar-refractivity contribution in [3.05, 3.63) is 95.5 Å². The van der Waals surface area contributed by atoms with Gasteiger partial charge in [-0.05, 0) is 78.2 Å². The van der Waals surface area contributed by atoms with E-state index in [1.165, 1.54) is 10.5 Å². The third-order valence-corrected chi connectivity index (χ3v) is 8.72. The Morgan fingerprint density at radius 1 is 1.05 bits per heavy atom. The Labute approximate surface area is 218 Å². The first-order valence-corrected chi connectivity index (χ1v) is 13.6. The van der Waals surface area contributed by atoms with Gasteiger partial charge in [0.1, 0.15) is 5.82 Å². The van der Waals surface area contributed by atoms with E-state index < -0.39 is 16.1 Å². The van der Waals surface area contributed by atoms with Crippen LogP contribution in [0.3, 0.4) is 0 Å². The number of imidazole rings is 1. The summed E-state index contributed by atoms with van der Waals surface area (Å²) in [5.74, 6) is 0.313. The normalized spacial score (nSPS) is 16.4. The molecule has 0 saturated carbocycles. The fraction of sp³-hybridized carbons (Fsp3) is 0.148. The molecule has 1 unspecified atom stereocenters. The third kappa shape index (κ3) is 4.46. The highest BCUT2D eigenvalue weighted by molar-refractivity contribution is 7.89. The van der Waals surface area contributed by atoms with Crippen molar-refractivity contribution >= 4 is 55.0 Å². The van der Waals surface area contributed by atoms with Crippen molar-refractivity contribution in [2.24, 2.45) is 0 Å². The highest BCUT2D eigenvalue weighted by atomic mass is 35.5. The van der Waals surface area contributed by atoms with E-state index >= 15 is 0 Å². The lowest BCUT2D eigenvalue weighted by atomic mass is 10.1. The Morgan fingerprint density at radius 2 is 1.92 bits per heavy atom. The second-order valence-corrected chi connectivity index (χ2v) is 11.3. The average molecular weight is 532 g/mol. The SMILES string of the molecule is O=C(Nc1ccc2nc(C3CCCN3S(=O)(=O)c3ccc4ccc(Cl)cc4c3)[nH]c2c1)c1cccnc1. The fourth-order valence-electron chi connectivity index (χ4n) is 4.76. The van der Waals surface area contributed by atoms with Crippen LogP contribution in [-0.2, 0) is 10.0 Å². The zero-order chi connectivity index (χ0) is 25.6. The number of aromatic nitrogens is 3. The summed E-state index contributed by atoms with van der Waals surface area (Å²) in [5.41, 5.74) is 2.46. The number of hydrogen-bond acceptors (Lipinski definition) is 5. The maximum absolute atomic E-state index is 13.7. The van der Waals surface area contributed by atoms with Crippen molar-refractivity contribution in [2.45, 2.75) is 23.8 Å². The van der Waals surface area contributed by atoms with E-state index in [2.05, 4.69) is 15.3 Å². The van der Waals surface area contributed by atoms with Crippen LogP contribution >= 0.6 is 11.6 Å². The maximum Gasteiger partial charge on any atom is 0.257 e. The second-order valence-electron chi connectivity index (χ2n) is 8.98. The number of fused-ring (bicyclic) bond motifs is 2. The van der Waals surface area contributed by atoms with Gasteiger partial charge in [-0.25, -0.2) is 13.4 Å². The molecule has 0 spiro atoms. The Balaban J connectivity index is 1.29. The monoisotopic (exact) mass is 531 g/mol. The Hall–Kier alpha value is -3.79. The molecule has 6 rings (SSSR count). The molecule has 186 valence electrons. The summed E-state index contributed by atoms with van der Waals surface area (Å²) >= 11 is 6.13. The molecule has 5 aromatic rings. The molecule has 1 aliphatic heterocycles. The molecule has 1 saturated heterocycles. The molecule has 10 heteroatoms. The lowest BCUT2D eigenvalue weighted by Crippen LogP contribution is -2.31. The number of halogens is 1. The molecule has 2 aromatic heterocycles. The van der Waals surface area contributed by atoms with Crippen LogP contribution in [0.4, 0.5) is 5.69 Å². The van der Waals surface area contributed by atoms with Gasteiger partial charge in [0.15, 0.2) is 0 Å². The number of nitrogens with zero attached hydrogens (tertiary/aromatic N) is 3. The van der Waals surface area contributed by atoms with Crippen LogP contribution in [-0.4, -0.2) is 40.1 Å². The van der Waals surface area contributed by atoms with Crippen molar-refractivity contribution in [2.75, 3.05) is 11.9 Å². The Bertz CT molecular complexity index is 1750. The number of amides is 1. The minimum atomic E-state index is -3.77. The van der Waals surface area contributed by atoms with Crippen LogP contribution in [0.15, 0.2) is 84.0 Å². The van der Waals surface area contributed by atoms with Gasteiger partial charge in [-0.3, -0.25) is 9.78 Å². The topological polar surface area (TPSA) is 108 Å². The molecule has 37 heavy (non-hydrogen) atoms. The lowest BCUT2D eigenvalue weighted by molar-refractivity contribution is 0.102. The molecular weight excluding hydrogens is 510 g/mol. The maximum atomic E-state index is 13.7. The summed E-state index contributed by atoms with van der Waals surface area (Å²) in [6.45, 7) is 0.407. The summed E-state index contributed by atoms with van der Waals surface area (Å²) in [6, 6.07) is 18.9. The molecule has 2 N–H and O–H groups in total. The van der Waals surface area contributed by atoms with Gasteiger partial charge in [0.2, 0.25) is 10.0 Å². The number of carbonyl (C=O) groups excluding carboxylic acids is 1. The van der Waals surface area contributed by atoms with Gasteiger partial charge < -0.3 is 10.3 Å². The number of anilines is 1. The molecule has 1 amide bonds. The largest absolute Gasteiger partial charge is 0.341 e. The number of hydrogen-bond donors (Lipinski definition) is 2. The fourth-order valence-corrected chi connectivity index (χ4v) is 6.63. The van der Waals surface area contributed by atoms with E-state index in [0.29, 0.717) is 46.1 Å². The molecular formula is C27H22ClN5O3S. The van der Waals surface area contributed by atoms with Crippen LogP contribution in [0.5, 0.6) is 0 Å². The molecule has 1 atom stereocenters. The quantitative estimate of drug-likeness (QED) is 0.309. The van der Waals surface area contributed by atoms with Gasteiger partial charge in [-0.15, -0.1) is 0 Å². The van der Waals surface area contributed by atoms with E-state index in [1.807, 2.05) is 6.07 Å². The van der Waals surface area contributed by atoms with Gasteiger partial charge in [-0.1, -0.05) is 23.7 Å². The predicted molar refractivity (Wildman–Crippen MR) is 143 cm³/mol. The van der Waals surface area contributed by atoms with E-state index in [4.69, 9.17) is 16.6 Å². The number of sulfonamides is 1. The van der Waals surface area contributed by atoms with Crippen molar-refractivity contribution in [1.29, 1.82) is 0 Å². The second kappa shape index (κ2) is 9.26. The van der Waals surface area contributed by atoms with Crippen LogP contribution in [0.2, 0.25) is 5.02 Å². The first-order valence-electron chi connectivity index (χ1n) is 11.8. The van der Waals surface area contributed by atoms with Crippen LogP contribution in [0, 0.1) is 0 Å². The van der Waals surface area contributed by atoms with Gasteiger partial charge in [0, 0.05) is 29.6 Å². The van der Waals surface area contributed by atoms with Crippen molar-refractivity contribution in [3.63, 3.8) is 0 Å². The average Bonchev–Trinajstić information content (AvgIpc) is 3.56. The van der Waals surface area contributed by atoms with Gasteiger partial charge in [0.05, 0.1) is 27.5 Å². The van der Waals surface area contributed by atoms with E-state index in [0.717, 1.165) is 17.2 Å². The van der Waals surface area contributed by atoms with Gasteiger partial charge >= 0.3 is 0 Å². The molecule has 0 radical (unpaired) electrons. The zero-order valence-corrected chi connectivity index (χ0v) is 21.1. The number of benzene rings is 3. The van der Waals surface area contributed by atoms with E-state index in [1.54, 1.807) is 66.9 Å². The molecule has 8 nitrogen and oxygen atoms in total. The number of rotatable bonds is 5. The summed E-state index contributed by atoms with van der Waals surface area (Å²) in [7, 11) is -3.77. The summed E-state index contributed by atoms with van der Waals surface area (Å²) in [5, 5.41) is 5.11. The number of H-pyrrole nitrogens is 1. The number of aromatic amines is 1. The highest BCUT2D eigenvalue weighted by Crippen LogP contribution is 2.37. The summed E-state index contributed by atoms with van der Waals surface area (Å²) < 4.78 is 28.9. The molecule has 0 aliphatic carbocycles. The van der Waals surface area contributed by atoms with E-state index in [-0.39, 0.29) is 10.8 Å². The number of nitrogens with one attached hydrogen (secondary N) is 2. The van der Waals surface area contributed by atoms with Crippen molar-refractivity contribution in [1.82, 2.24) is 19.3 Å².